The smallest absolute Gasteiger partial charge is 0.271 e. The zero-order valence-corrected chi connectivity index (χ0v) is 12.9. The molecule has 0 aliphatic rings. The van der Waals surface area contributed by atoms with Crippen molar-refractivity contribution in [3.05, 3.63) is 76.7 Å². The molecule has 2 aromatic rings. The van der Waals surface area contributed by atoms with E-state index in [1.165, 1.54) is 24.0 Å². The Morgan fingerprint density at radius 3 is 2.65 bits per heavy atom. The molecule has 2 rings (SSSR count). The van der Waals surface area contributed by atoms with Crippen molar-refractivity contribution >= 4 is 5.91 Å². The average molecular weight is 313 g/mol. The first-order valence-corrected chi connectivity index (χ1v) is 7.10. The Morgan fingerprint density at radius 2 is 2.09 bits per heavy atom. The summed E-state index contributed by atoms with van der Waals surface area (Å²) in [6.45, 7) is 3.76. The van der Waals surface area contributed by atoms with Crippen LogP contribution in [0.4, 0.5) is 0 Å². The van der Waals surface area contributed by atoms with Gasteiger partial charge in [-0.2, -0.15) is 0 Å². The molecule has 0 bridgehead atoms. The van der Waals surface area contributed by atoms with Gasteiger partial charge in [-0.1, -0.05) is 36.4 Å². The highest BCUT2D eigenvalue weighted by molar-refractivity contribution is 5.93. The molecule has 1 heterocycles. The minimum atomic E-state index is -0.752. The number of benzene rings is 1. The van der Waals surface area contributed by atoms with E-state index in [2.05, 4.69) is 12.0 Å². The Morgan fingerprint density at radius 1 is 1.39 bits per heavy atom. The summed E-state index contributed by atoms with van der Waals surface area (Å²) < 4.78 is 6.45. The standard InChI is InChI=1S/C17H19N3O3/c1-3-7-13(12-8-5-4-6-9-12)19-20-11-10-14(21)16(23-2)15(20)17(18)22/h3-6,8-11,13,19H,1,7H2,2H3,(H2,18,22). The lowest BCUT2D eigenvalue weighted by Gasteiger charge is -2.23. The summed E-state index contributed by atoms with van der Waals surface area (Å²) in [7, 11) is 1.33. The molecule has 0 fully saturated rings. The second-order valence-electron chi connectivity index (χ2n) is 4.91. The third kappa shape index (κ3) is 3.60. The highest BCUT2D eigenvalue weighted by Crippen LogP contribution is 2.20. The molecule has 0 spiro atoms. The van der Waals surface area contributed by atoms with Gasteiger partial charge in [0.2, 0.25) is 5.43 Å². The second-order valence-corrected chi connectivity index (χ2v) is 4.91. The van der Waals surface area contributed by atoms with E-state index in [-0.39, 0.29) is 17.5 Å². The Bertz CT molecular complexity index is 753. The molecule has 6 nitrogen and oxygen atoms in total. The van der Waals surface area contributed by atoms with Crippen LogP contribution in [0.25, 0.3) is 0 Å². The van der Waals surface area contributed by atoms with E-state index in [9.17, 15) is 9.59 Å². The van der Waals surface area contributed by atoms with E-state index in [1.54, 1.807) is 6.08 Å². The lowest BCUT2D eigenvalue weighted by molar-refractivity contribution is 0.0988. The van der Waals surface area contributed by atoms with Crippen molar-refractivity contribution in [3.8, 4) is 5.75 Å². The van der Waals surface area contributed by atoms with Gasteiger partial charge in [0.1, 0.15) is 0 Å². The molecule has 0 saturated carbocycles. The van der Waals surface area contributed by atoms with Crippen LogP contribution in [0, 0.1) is 0 Å². The third-order valence-electron chi connectivity index (χ3n) is 3.39. The fourth-order valence-electron chi connectivity index (χ4n) is 2.34. The van der Waals surface area contributed by atoms with E-state index in [0.29, 0.717) is 6.42 Å². The lowest BCUT2D eigenvalue weighted by Crippen LogP contribution is -2.31. The van der Waals surface area contributed by atoms with Crippen LogP contribution in [0.1, 0.15) is 28.5 Å². The lowest BCUT2D eigenvalue weighted by atomic mass is 10.0. The van der Waals surface area contributed by atoms with Crippen molar-refractivity contribution in [2.45, 2.75) is 12.5 Å². The van der Waals surface area contributed by atoms with E-state index in [0.717, 1.165) is 5.56 Å². The Balaban J connectivity index is 2.46. The minimum absolute atomic E-state index is 0.0232. The molecular weight excluding hydrogens is 294 g/mol. The molecule has 1 amide bonds. The molecule has 0 aliphatic heterocycles. The van der Waals surface area contributed by atoms with Gasteiger partial charge >= 0.3 is 0 Å². The highest BCUT2D eigenvalue weighted by Gasteiger charge is 2.19. The number of amides is 1. The summed E-state index contributed by atoms with van der Waals surface area (Å²) in [6, 6.07) is 10.9. The Labute approximate surface area is 134 Å². The van der Waals surface area contributed by atoms with Crippen LogP contribution in [-0.2, 0) is 0 Å². The van der Waals surface area contributed by atoms with Gasteiger partial charge < -0.3 is 15.9 Å². The fraction of sp³-hybridized carbons (Fsp3) is 0.176. The van der Waals surface area contributed by atoms with Gasteiger partial charge in [-0.05, 0) is 12.0 Å². The monoisotopic (exact) mass is 313 g/mol. The van der Waals surface area contributed by atoms with Gasteiger partial charge in [0.25, 0.3) is 5.91 Å². The zero-order valence-electron chi connectivity index (χ0n) is 12.9. The van der Waals surface area contributed by atoms with Crippen LogP contribution >= 0.6 is 0 Å². The quantitative estimate of drug-likeness (QED) is 0.763. The largest absolute Gasteiger partial charge is 0.491 e. The van der Waals surface area contributed by atoms with Crippen LogP contribution in [0.2, 0.25) is 0 Å². The van der Waals surface area contributed by atoms with Gasteiger partial charge in [-0.15, -0.1) is 6.58 Å². The Kier molecular flexibility index (Phi) is 5.19. The van der Waals surface area contributed by atoms with Crippen molar-refractivity contribution in [1.29, 1.82) is 0 Å². The van der Waals surface area contributed by atoms with Crippen LogP contribution in [0.5, 0.6) is 5.75 Å². The van der Waals surface area contributed by atoms with Crippen LogP contribution in [0.15, 0.2) is 60.0 Å². The van der Waals surface area contributed by atoms with Gasteiger partial charge in [0.15, 0.2) is 11.4 Å². The molecule has 1 aromatic heterocycles. The number of methoxy groups -OCH3 is 1. The molecule has 23 heavy (non-hydrogen) atoms. The number of nitrogens with zero attached hydrogens (tertiary/aromatic N) is 1. The first-order valence-electron chi connectivity index (χ1n) is 7.10. The van der Waals surface area contributed by atoms with Crippen LogP contribution in [-0.4, -0.2) is 17.7 Å². The van der Waals surface area contributed by atoms with Crippen molar-refractivity contribution in [1.82, 2.24) is 4.68 Å². The maximum Gasteiger partial charge on any atom is 0.271 e. The van der Waals surface area contributed by atoms with E-state index < -0.39 is 11.3 Å². The first-order chi connectivity index (χ1) is 11.1. The predicted molar refractivity (Wildman–Crippen MR) is 89.1 cm³/mol. The Hall–Kier alpha value is -3.02. The number of hydrogen-bond donors (Lipinski definition) is 2. The number of pyridine rings is 1. The van der Waals surface area contributed by atoms with Crippen molar-refractivity contribution in [3.63, 3.8) is 0 Å². The number of primary amides is 1. The summed E-state index contributed by atoms with van der Waals surface area (Å²) in [6.07, 6.45) is 3.86. The minimum Gasteiger partial charge on any atom is -0.491 e. The molecular formula is C17H19N3O3. The van der Waals surface area contributed by atoms with E-state index in [1.807, 2.05) is 30.3 Å². The summed E-state index contributed by atoms with van der Waals surface area (Å²) in [5.74, 6) is -0.838. The van der Waals surface area contributed by atoms with Gasteiger partial charge in [-0.3, -0.25) is 14.3 Å². The molecule has 1 atom stereocenters. The third-order valence-corrected chi connectivity index (χ3v) is 3.39. The van der Waals surface area contributed by atoms with Crippen LogP contribution < -0.4 is 21.3 Å². The van der Waals surface area contributed by atoms with Crippen molar-refractivity contribution in [2.75, 3.05) is 12.5 Å². The topological polar surface area (TPSA) is 86.3 Å². The number of ether oxygens (including phenoxy) is 1. The van der Waals surface area contributed by atoms with Gasteiger partial charge in [-0.25, -0.2) is 0 Å². The molecule has 0 saturated heterocycles. The molecule has 0 radical (unpaired) electrons. The number of carbonyl (C=O) groups excluding carboxylic acids is 1. The molecule has 6 heteroatoms. The predicted octanol–water partition coefficient (Wildman–Crippen LogP) is 1.82. The summed E-state index contributed by atoms with van der Waals surface area (Å²) >= 11 is 0. The van der Waals surface area contributed by atoms with Gasteiger partial charge in [0.05, 0.1) is 13.2 Å². The maximum atomic E-state index is 11.8. The molecule has 120 valence electrons. The average Bonchev–Trinajstić information content (AvgIpc) is 2.56. The SMILES string of the molecule is C=CCC(Nn1ccc(=O)c(OC)c1C(N)=O)c1ccccc1. The van der Waals surface area contributed by atoms with E-state index in [4.69, 9.17) is 10.5 Å². The number of nitrogens with two attached hydrogens (primary N) is 1. The molecule has 1 unspecified atom stereocenters. The number of rotatable bonds is 7. The second kappa shape index (κ2) is 7.31. The number of carbonyl (C=O) groups is 1. The van der Waals surface area contributed by atoms with Crippen molar-refractivity contribution in [2.24, 2.45) is 5.73 Å². The number of aromatic nitrogens is 1. The summed E-state index contributed by atoms with van der Waals surface area (Å²) in [5, 5.41) is 0. The molecule has 0 aliphatic carbocycles. The maximum absolute atomic E-state index is 11.8. The number of hydrogen-bond acceptors (Lipinski definition) is 4. The molecule has 1 aromatic carbocycles. The summed E-state index contributed by atoms with van der Waals surface area (Å²) in [4.78, 5) is 23.6. The van der Waals surface area contributed by atoms with Crippen molar-refractivity contribution < 1.29 is 9.53 Å². The highest BCUT2D eigenvalue weighted by atomic mass is 16.5. The fourth-order valence-corrected chi connectivity index (χ4v) is 2.34. The summed E-state index contributed by atoms with van der Waals surface area (Å²) in [5.41, 5.74) is 9.17. The van der Waals surface area contributed by atoms with E-state index >= 15 is 0 Å². The normalized spacial score (nSPS) is 11.5. The zero-order chi connectivity index (χ0) is 16.8. The van der Waals surface area contributed by atoms with Crippen LogP contribution in [0.3, 0.4) is 0 Å². The van der Waals surface area contributed by atoms with Gasteiger partial charge in [0, 0.05) is 12.3 Å². The number of nitrogens with one attached hydrogen (secondary N) is 1. The molecule has 3 N–H and O–H groups in total. The first kappa shape index (κ1) is 16.4.